The number of carboxylic acid groups (broad SMARTS) is 1. The van der Waals surface area contributed by atoms with E-state index in [-0.39, 0.29) is 0 Å². The lowest BCUT2D eigenvalue weighted by Crippen LogP contribution is -2.58. The molecule has 2 bridgehead atoms. The minimum absolute atomic E-state index is 0.319. The summed E-state index contributed by atoms with van der Waals surface area (Å²) in [5, 5.41) is 16.2. The van der Waals surface area contributed by atoms with E-state index in [9.17, 15) is 9.59 Å². The average Bonchev–Trinajstić information content (AvgIpc) is 2.47. The van der Waals surface area contributed by atoms with Crippen LogP contribution in [0.1, 0.15) is 33.6 Å². The predicted molar refractivity (Wildman–Crippen MR) is 90.4 cm³/mol. The van der Waals surface area contributed by atoms with Crippen LogP contribution in [0.4, 0.5) is 5.69 Å². The fraction of sp³-hybridized carbons (Fsp3) is 0.688. The minimum Gasteiger partial charge on any atom is -0.480 e. The molecule has 0 saturated heterocycles. The Bertz CT molecular complexity index is 700. The number of halogens is 1. The number of carbonyl (C=O) groups is 1. The van der Waals surface area contributed by atoms with Crippen molar-refractivity contribution in [2.45, 2.75) is 46.2 Å². The van der Waals surface area contributed by atoms with Gasteiger partial charge in [-0.1, -0.05) is 20.8 Å². The van der Waals surface area contributed by atoms with Gasteiger partial charge in [0.1, 0.15) is 11.0 Å². The van der Waals surface area contributed by atoms with Gasteiger partial charge in [-0.05, 0) is 51.9 Å². The van der Waals surface area contributed by atoms with Gasteiger partial charge in [-0.3, -0.25) is 9.59 Å². The fourth-order valence-corrected chi connectivity index (χ4v) is 4.77. The molecule has 0 aliphatic heterocycles. The van der Waals surface area contributed by atoms with Crippen LogP contribution in [0, 0.1) is 23.2 Å². The van der Waals surface area contributed by atoms with Crippen molar-refractivity contribution in [1.82, 2.24) is 9.78 Å². The summed E-state index contributed by atoms with van der Waals surface area (Å²) in [6.45, 7) is 6.54. The molecule has 0 aromatic carbocycles. The van der Waals surface area contributed by atoms with Crippen LogP contribution in [0.3, 0.4) is 0 Å². The van der Waals surface area contributed by atoms with Gasteiger partial charge in [0.25, 0.3) is 5.56 Å². The Kier molecular flexibility index (Phi) is 4.02. The highest BCUT2D eigenvalue weighted by Gasteiger charge is 2.56. The molecule has 3 aliphatic rings. The molecule has 0 amide bonds. The zero-order valence-electron chi connectivity index (χ0n) is 13.5. The molecule has 3 saturated carbocycles. The Hall–Kier alpha value is -1.37. The molecule has 3 fully saturated rings. The molecule has 4 atom stereocenters. The Morgan fingerprint density at radius 2 is 2.22 bits per heavy atom. The van der Waals surface area contributed by atoms with E-state index < -0.39 is 18.1 Å². The molecule has 1 heterocycles. The predicted octanol–water partition coefficient (Wildman–Crippen LogP) is 2.57. The summed E-state index contributed by atoms with van der Waals surface area (Å²) < 4.78 is 1.29. The Morgan fingerprint density at radius 1 is 1.52 bits per heavy atom. The molecular formula is C16H22BrN3O3. The summed E-state index contributed by atoms with van der Waals surface area (Å²) >= 11 is 3.29. The first-order valence-electron chi connectivity index (χ1n) is 7.95. The molecule has 2 N–H and O–H groups in total. The van der Waals surface area contributed by atoms with Crippen molar-refractivity contribution in [3.05, 3.63) is 21.0 Å². The molecular weight excluding hydrogens is 362 g/mol. The molecule has 3 aliphatic carbocycles. The van der Waals surface area contributed by atoms with Crippen molar-refractivity contribution in [2.75, 3.05) is 5.32 Å². The van der Waals surface area contributed by atoms with E-state index in [1.807, 2.05) is 0 Å². The lowest BCUT2D eigenvalue weighted by molar-refractivity contribution is -0.138. The highest BCUT2D eigenvalue weighted by Crippen LogP contribution is 2.61. The summed E-state index contributed by atoms with van der Waals surface area (Å²) in [6, 6.07) is 0.319. The number of hydrogen-bond acceptors (Lipinski definition) is 4. The average molecular weight is 384 g/mol. The maximum Gasteiger partial charge on any atom is 0.325 e. The van der Waals surface area contributed by atoms with Crippen LogP contribution in [0.25, 0.3) is 0 Å². The van der Waals surface area contributed by atoms with Crippen LogP contribution < -0.4 is 10.9 Å². The van der Waals surface area contributed by atoms with Crippen molar-refractivity contribution < 1.29 is 9.90 Å². The Balaban J connectivity index is 1.78. The number of carboxylic acids is 1. The van der Waals surface area contributed by atoms with Gasteiger partial charge in [-0.25, -0.2) is 4.68 Å². The van der Waals surface area contributed by atoms with Gasteiger partial charge in [0.15, 0.2) is 0 Å². The zero-order chi connectivity index (χ0) is 16.9. The molecule has 0 unspecified atom stereocenters. The van der Waals surface area contributed by atoms with Crippen LogP contribution in [-0.2, 0) is 11.3 Å². The molecule has 23 heavy (non-hydrogen) atoms. The fourth-order valence-electron chi connectivity index (χ4n) is 4.35. The summed E-state index contributed by atoms with van der Waals surface area (Å²) in [6.07, 6.45) is 3.92. The summed E-state index contributed by atoms with van der Waals surface area (Å²) in [4.78, 5) is 22.9. The quantitative estimate of drug-likeness (QED) is 0.834. The first kappa shape index (κ1) is 16.5. The Labute approximate surface area is 143 Å². The largest absolute Gasteiger partial charge is 0.480 e. The molecule has 6 nitrogen and oxygen atoms in total. The highest BCUT2D eigenvalue weighted by molar-refractivity contribution is 9.10. The third kappa shape index (κ3) is 2.69. The Morgan fingerprint density at radius 3 is 2.78 bits per heavy atom. The van der Waals surface area contributed by atoms with Crippen molar-refractivity contribution in [3.8, 4) is 0 Å². The molecule has 126 valence electrons. The van der Waals surface area contributed by atoms with E-state index in [4.69, 9.17) is 5.11 Å². The van der Waals surface area contributed by atoms with Crippen molar-refractivity contribution in [3.63, 3.8) is 0 Å². The second-order valence-corrected chi connectivity index (χ2v) is 8.23. The SMILES string of the molecule is C[C@H]1[C@H](Nc2cnn(CC(=O)O)c(=O)c2Br)C[C@H]2C[C@@H]1C2(C)C. The molecule has 0 spiro atoms. The van der Waals surface area contributed by atoms with Crippen molar-refractivity contribution in [1.29, 1.82) is 0 Å². The number of nitrogens with zero attached hydrogens (tertiary/aromatic N) is 2. The second kappa shape index (κ2) is 5.61. The van der Waals surface area contributed by atoms with Gasteiger partial charge >= 0.3 is 5.97 Å². The van der Waals surface area contributed by atoms with E-state index in [2.05, 4.69) is 47.1 Å². The van der Waals surface area contributed by atoms with Gasteiger partial charge in [-0.15, -0.1) is 0 Å². The van der Waals surface area contributed by atoms with E-state index in [0.717, 1.165) is 17.0 Å². The van der Waals surface area contributed by atoms with Crippen LogP contribution in [0.5, 0.6) is 0 Å². The molecule has 1 aromatic rings. The van der Waals surface area contributed by atoms with Crippen LogP contribution in [0.15, 0.2) is 15.5 Å². The number of nitrogens with one attached hydrogen (secondary N) is 1. The summed E-state index contributed by atoms with van der Waals surface area (Å²) in [5.41, 5.74) is 0.636. The standard InChI is InChI=1S/C16H22BrN3O3/c1-8-10-4-9(16(10,2)3)5-11(8)19-12-6-18-20(7-13(21)22)15(23)14(12)17/h6,8-11,19H,4-5,7H2,1-3H3,(H,21,22)/t8-,9-,10+,11-/m1/s1. The topological polar surface area (TPSA) is 84.2 Å². The third-order valence-electron chi connectivity index (χ3n) is 5.96. The monoisotopic (exact) mass is 383 g/mol. The molecule has 0 radical (unpaired) electrons. The van der Waals surface area contributed by atoms with Crippen LogP contribution >= 0.6 is 15.9 Å². The van der Waals surface area contributed by atoms with Gasteiger partial charge in [0, 0.05) is 6.04 Å². The van der Waals surface area contributed by atoms with Crippen molar-refractivity contribution >= 4 is 27.6 Å². The second-order valence-electron chi connectivity index (χ2n) is 7.43. The van der Waals surface area contributed by atoms with Gasteiger partial charge in [-0.2, -0.15) is 5.10 Å². The maximum atomic E-state index is 12.2. The molecule has 7 heteroatoms. The zero-order valence-corrected chi connectivity index (χ0v) is 15.1. The van der Waals surface area contributed by atoms with E-state index in [0.29, 0.717) is 33.5 Å². The van der Waals surface area contributed by atoms with E-state index in [1.54, 1.807) is 0 Å². The number of hydrogen-bond donors (Lipinski definition) is 2. The lowest BCUT2D eigenvalue weighted by atomic mass is 9.45. The lowest BCUT2D eigenvalue weighted by Gasteiger charge is -2.62. The van der Waals surface area contributed by atoms with E-state index >= 15 is 0 Å². The van der Waals surface area contributed by atoms with Gasteiger partial charge < -0.3 is 10.4 Å². The maximum absolute atomic E-state index is 12.2. The number of anilines is 1. The number of aromatic nitrogens is 2. The minimum atomic E-state index is -1.09. The van der Waals surface area contributed by atoms with Gasteiger partial charge in [0.2, 0.25) is 0 Å². The third-order valence-corrected chi connectivity index (χ3v) is 6.73. The normalized spacial score (nSPS) is 31.3. The number of aliphatic carboxylic acids is 1. The van der Waals surface area contributed by atoms with Crippen molar-refractivity contribution in [2.24, 2.45) is 23.2 Å². The molecule has 1 aromatic heterocycles. The molecule has 4 rings (SSSR count). The van der Waals surface area contributed by atoms with E-state index in [1.165, 1.54) is 12.6 Å². The first-order chi connectivity index (χ1) is 10.7. The summed E-state index contributed by atoms with van der Waals surface area (Å²) in [5.74, 6) is 0.872. The van der Waals surface area contributed by atoms with Crippen LogP contribution in [0.2, 0.25) is 0 Å². The summed E-state index contributed by atoms with van der Waals surface area (Å²) in [7, 11) is 0. The number of fused-ring (bicyclic) bond motifs is 2. The number of rotatable bonds is 4. The first-order valence-corrected chi connectivity index (χ1v) is 8.75. The van der Waals surface area contributed by atoms with Gasteiger partial charge in [0.05, 0.1) is 11.9 Å². The smallest absolute Gasteiger partial charge is 0.325 e. The van der Waals surface area contributed by atoms with Crippen LogP contribution in [-0.4, -0.2) is 26.9 Å². The highest BCUT2D eigenvalue weighted by atomic mass is 79.9.